The van der Waals surface area contributed by atoms with Gasteiger partial charge in [-0.25, -0.2) is 4.98 Å². The number of nitrogens with one attached hydrogen (secondary N) is 2. The Morgan fingerprint density at radius 2 is 1.93 bits per heavy atom. The van der Waals surface area contributed by atoms with Gasteiger partial charge < -0.3 is 5.32 Å². The zero-order chi connectivity index (χ0) is 19.6. The molecule has 0 spiro atoms. The molecule has 0 radical (unpaired) electrons. The zero-order valence-electron chi connectivity index (χ0n) is 14.7. The molecule has 3 rings (SSSR count). The number of piperidine rings is 1. The third-order valence-corrected chi connectivity index (χ3v) is 5.18. The van der Waals surface area contributed by atoms with Crippen molar-refractivity contribution in [1.82, 2.24) is 0 Å². The minimum Gasteiger partial charge on any atom is -0.326 e. The van der Waals surface area contributed by atoms with Crippen molar-refractivity contribution in [2.45, 2.75) is 25.9 Å². The molecule has 0 bridgehead atoms. The van der Waals surface area contributed by atoms with E-state index in [9.17, 15) is 18.0 Å². The number of rotatable bonds is 3. The van der Waals surface area contributed by atoms with Crippen LogP contribution in [0.1, 0.15) is 24.0 Å². The highest BCUT2D eigenvalue weighted by Gasteiger charge is 2.33. The molecule has 1 saturated heterocycles. The summed E-state index contributed by atoms with van der Waals surface area (Å²) in [4.78, 5) is 17.1. The van der Waals surface area contributed by atoms with Crippen molar-refractivity contribution in [3.05, 3.63) is 52.7 Å². The lowest BCUT2D eigenvalue weighted by atomic mass is 9.95. The number of carbonyl (C=O) groups excluding carboxylic acids is 1. The number of pyridine rings is 1. The third-order valence-electron chi connectivity index (χ3n) is 4.77. The summed E-state index contributed by atoms with van der Waals surface area (Å²) in [5.41, 5.74) is 0.891. The number of amides is 1. The highest BCUT2D eigenvalue weighted by molar-refractivity contribution is 6.31. The zero-order valence-corrected chi connectivity index (χ0v) is 15.5. The first-order valence-electron chi connectivity index (χ1n) is 8.65. The van der Waals surface area contributed by atoms with E-state index < -0.39 is 11.7 Å². The molecule has 1 amide bonds. The molecular formula is C19H20ClF3N3O+. The van der Waals surface area contributed by atoms with Gasteiger partial charge in [-0.2, -0.15) is 13.2 Å². The Labute approximate surface area is 160 Å². The fourth-order valence-corrected chi connectivity index (χ4v) is 3.27. The van der Waals surface area contributed by atoms with Crippen molar-refractivity contribution in [3.8, 4) is 0 Å². The molecule has 0 atom stereocenters. The van der Waals surface area contributed by atoms with Crippen LogP contribution in [0.15, 0.2) is 36.5 Å². The lowest BCUT2D eigenvalue weighted by Gasteiger charge is -2.27. The van der Waals surface area contributed by atoms with E-state index in [0.717, 1.165) is 17.8 Å². The molecular weight excluding hydrogens is 379 g/mol. The van der Waals surface area contributed by atoms with E-state index in [2.05, 4.69) is 10.3 Å². The van der Waals surface area contributed by atoms with Crippen LogP contribution >= 0.6 is 11.6 Å². The molecule has 27 heavy (non-hydrogen) atoms. The molecule has 144 valence electrons. The van der Waals surface area contributed by atoms with E-state index in [1.54, 1.807) is 6.07 Å². The number of aryl methyl sites for hydroxylation is 1. The fourth-order valence-electron chi connectivity index (χ4n) is 3.09. The van der Waals surface area contributed by atoms with Crippen LogP contribution in [0.3, 0.4) is 0 Å². The Morgan fingerprint density at radius 1 is 1.22 bits per heavy atom. The van der Waals surface area contributed by atoms with Gasteiger partial charge in [0, 0.05) is 22.7 Å². The van der Waals surface area contributed by atoms with Crippen LogP contribution in [0.4, 0.5) is 24.7 Å². The van der Waals surface area contributed by atoms with E-state index in [1.165, 1.54) is 6.07 Å². The largest absolute Gasteiger partial charge is 0.419 e. The lowest BCUT2D eigenvalue weighted by Crippen LogP contribution is -2.40. The Hall–Kier alpha value is -2.28. The maximum Gasteiger partial charge on any atom is 0.419 e. The lowest BCUT2D eigenvalue weighted by molar-refractivity contribution is -0.367. The van der Waals surface area contributed by atoms with E-state index in [-0.39, 0.29) is 11.8 Å². The number of anilines is 2. The smallest absolute Gasteiger partial charge is 0.326 e. The molecule has 0 saturated carbocycles. The van der Waals surface area contributed by atoms with Gasteiger partial charge in [-0.15, -0.1) is 0 Å². The second kappa shape index (κ2) is 7.76. The molecule has 0 unspecified atom stereocenters. The summed E-state index contributed by atoms with van der Waals surface area (Å²) in [5.74, 6) is 0.411. The molecule has 1 fully saturated rings. The Bertz CT molecular complexity index is 816. The summed E-state index contributed by atoms with van der Waals surface area (Å²) in [6.07, 6.45) is -2.14. The molecule has 1 aromatic heterocycles. The second-order valence-electron chi connectivity index (χ2n) is 6.67. The maximum absolute atomic E-state index is 12.6. The van der Waals surface area contributed by atoms with Crippen molar-refractivity contribution >= 4 is 29.0 Å². The Morgan fingerprint density at radius 3 is 2.48 bits per heavy atom. The van der Waals surface area contributed by atoms with Crippen LogP contribution in [-0.2, 0) is 11.0 Å². The SMILES string of the molecule is Cc1ccc(NC(=O)C2CCN(c3ccc(C(F)(F)F)c[nH+]3)CC2)cc1Cl. The van der Waals surface area contributed by atoms with Gasteiger partial charge in [0.15, 0.2) is 0 Å². The Balaban J connectivity index is 1.56. The number of aromatic amines is 1. The second-order valence-corrected chi connectivity index (χ2v) is 7.08. The average Bonchev–Trinajstić information content (AvgIpc) is 2.64. The van der Waals surface area contributed by atoms with Crippen LogP contribution in [-0.4, -0.2) is 19.0 Å². The molecule has 1 aliphatic heterocycles. The number of hydrogen-bond acceptors (Lipinski definition) is 2. The first-order valence-corrected chi connectivity index (χ1v) is 9.03. The van der Waals surface area contributed by atoms with Crippen molar-refractivity contribution in [2.75, 3.05) is 23.3 Å². The van der Waals surface area contributed by atoms with Crippen LogP contribution in [0.2, 0.25) is 5.02 Å². The van der Waals surface area contributed by atoms with Crippen molar-refractivity contribution in [2.24, 2.45) is 5.92 Å². The number of alkyl halides is 3. The molecule has 1 aliphatic rings. The summed E-state index contributed by atoms with van der Waals surface area (Å²) in [7, 11) is 0. The predicted molar refractivity (Wildman–Crippen MR) is 97.8 cm³/mol. The number of benzene rings is 1. The average molecular weight is 399 g/mol. The van der Waals surface area contributed by atoms with Crippen LogP contribution < -0.4 is 15.2 Å². The Kier molecular flexibility index (Phi) is 5.60. The van der Waals surface area contributed by atoms with Gasteiger partial charge in [-0.05, 0) is 43.5 Å². The van der Waals surface area contributed by atoms with Crippen LogP contribution in [0.25, 0.3) is 0 Å². The first kappa shape index (κ1) is 19.5. The third kappa shape index (κ3) is 4.71. The van der Waals surface area contributed by atoms with E-state index in [4.69, 9.17) is 11.6 Å². The minimum atomic E-state index is -4.36. The summed E-state index contributed by atoms with van der Waals surface area (Å²) in [6, 6.07) is 7.87. The van der Waals surface area contributed by atoms with Crippen LogP contribution in [0, 0.1) is 12.8 Å². The number of halogens is 4. The quantitative estimate of drug-likeness (QED) is 0.836. The highest BCUT2D eigenvalue weighted by Crippen LogP contribution is 2.29. The summed E-state index contributed by atoms with van der Waals surface area (Å²) in [6.45, 7) is 3.07. The van der Waals surface area contributed by atoms with Gasteiger partial charge in [-0.3, -0.25) is 9.69 Å². The molecule has 2 aromatic rings. The van der Waals surface area contributed by atoms with Crippen molar-refractivity contribution in [1.29, 1.82) is 0 Å². The normalized spacial score (nSPS) is 15.7. The van der Waals surface area contributed by atoms with Crippen molar-refractivity contribution in [3.63, 3.8) is 0 Å². The summed E-state index contributed by atoms with van der Waals surface area (Å²) in [5, 5.41) is 3.48. The number of hydrogen-bond donors (Lipinski definition) is 1. The maximum atomic E-state index is 12.6. The van der Waals surface area contributed by atoms with Gasteiger partial charge in [-0.1, -0.05) is 17.7 Å². The number of H-pyrrole nitrogens is 1. The molecule has 0 aliphatic carbocycles. The number of nitrogens with zero attached hydrogens (tertiary/aromatic N) is 1. The molecule has 2 N–H and O–H groups in total. The van der Waals surface area contributed by atoms with E-state index in [1.807, 2.05) is 24.0 Å². The first-order chi connectivity index (χ1) is 12.7. The van der Waals surface area contributed by atoms with Crippen LogP contribution in [0.5, 0.6) is 0 Å². The standard InChI is InChI=1S/C19H19ClF3N3O/c1-12-2-4-15(10-16(12)20)25-18(27)13-6-8-26(9-7-13)17-5-3-14(11-24-17)19(21,22)23/h2-5,10-11,13H,6-9H2,1H3,(H,25,27)/p+1. The molecule has 4 nitrogen and oxygen atoms in total. The molecule has 8 heteroatoms. The number of aromatic nitrogens is 1. The van der Waals surface area contributed by atoms with E-state index in [0.29, 0.717) is 42.5 Å². The van der Waals surface area contributed by atoms with Gasteiger partial charge in [0.1, 0.15) is 6.20 Å². The monoisotopic (exact) mass is 398 g/mol. The summed E-state index contributed by atoms with van der Waals surface area (Å²) >= 11 is 6.08. The van der Waals surface area contributed by atoms with Gasteiger partial charge >= 0.3 is 6.18 Å². The van der Waals surface area contributed by atoms with Gasteiger partial charge in [0.2, 0.25) is 5.91 Å². The number of carbonyl (C=O) groups is 1. The topological polar surface area (TPSA) is 46.5 Å². The van der Waals surface area contributed by atoms with Gasteiger partial charge in [0.25, 0.3) is 5.82 Å². The van der Waals surface area contributed by atoms with Gasteiger partial charge in [0.05, 0.1) is 18.7 Å². The minimum absolute atomic E-state index is 0.0639. The van der Waals surface area contributed by atoms with E-state index >= 15 is 0 Å². The highest BCUT2D eigenvalue weighted by atomic mass is 35.5. The summed E-state index contributed by atoms with van der Waals surface area (Å²) < 4.78 is 37.9. The molecule has 1 aromatic carbocycles. The van der Waals surface area contributed by atoms with Crippen molar-refractivity contribution < 1.29 is 22.9 Å². The predicted octanol–water partition coefficient (Wildman–Crippen LogP) is 4.34. The fraction of sp³-hybridized carbons (Fsp3) is 0.368. The molecule has 2 heterocycles.